The Bertz CT molecular complexity index is 323. The standard InChI is InChI=1S/C18H32O4/c1-2-3-4-5-8-11-16(19)14-15-17(20)12-9-6-7-10-13-18(21)22/h8,11,14-17,19-20H,2-7,9-10,12-13H2,1H3,(H,21,22)/b11-8+,15-14?/t16-,17+/m0/s1. The van der Waals surface area contributed by atoms with Gasteiger partial charge in [0.25, 0.3) is 0 Å². The first-order valence-corrected chi connectivity index (χ1v) is 8.49. The number of carboxylic acid groups (broad SMARTS) is 1. The number of allylic oxidation sites excluding steroid dienone is 1. The Kier molecular flexibility index (Phi) is 14.0. The molecule has 0 aromatic carbocycles. The quantitative estimate of drug-likeness (QED) is 0.336. The molecule has 0 amide bonds. The third kappa shape index (κ3) is 15.3. The zero-order valence-corrected chi connectivity index (χ0v) is 13.8. The summed E-state index contributed by atoms with van der Waals surface area (Å²) in [4.78, 5) is 10.3. The predicted octanol–water partition coefficient (Wildman–Crippen LogP) is 3.83. The number of carbonyl (C=O) groups is 1. The van der Waals surface area contributed by atoms with Gasteiger partial charge in [0.05, 0.1) is 12.2 Å². The van der Waals surface area contributed by atoms with Gasteiger partial charge in [-0.25, -0.2) is 0 Å². The van der Waals surface area contributed by atoms with E-state index in [2.05, 4.69) is 6.92 Å². The number of aliphatic carboxylic acids is 1. The average Bonchev–Trinajstić information content (AvgIpc) is 2.48. The highest BCUT2D eigenvalue weighted by atomic mass is 16.4. The van der Waals surface area contributed by atoms with Gasteiger partial charge in [0.2, 0.25) is 0 Å². The van der Waals surface area contributed by atoms with Gasteiger partial charge in [-0.3, -0.25) is 4.79 Å². The zero-order chi connectivity index (χ0) is 16.6. The maximum absolute atomic E-state index is 10.3. The maximum atomic E-state index is 10.3. The topological polar surface area (TPSA) is 77.8 Å². The van der Waals surface area contributed by atoms with Crippen LogP contribution in [0.2, 0.25) is 0 Å². The normalized spacial score (nSPS) is 14.7. The van der Waals surface area contributed by atoms with Crippen LogP contribution in [0.1, 0.15) is 71.1 Å². The van der Waals surface area contributed by atoms with Crippen LogP contribution in [0.25, 0.3) is 0 Å². The average molecular weight is 312 g/mol. The molecule has 4 nitrogen and oxygen atoms in total. The van der Waals surface area contributed by atoms with E-state index in [1.807, 2.05) is 6.08 Å². The Morgan fingerprint density at radius 1 is 0.955 bits per heavy atom. The number of hydrogen-bond acceptors (Lipinski definition) is 3. The summed E-state index contributed by atoms with van der Waals surface area (Å²) in [7, 11) is 0. The SMILES string of the molecule is CCCCC/C=C/[C@H](O)C=C[C@H](O)CCCCCCC(=O)O. The van der Waals surface area contributed by atoms with Gasteiger partial charge in [-0.2, -0.15) is 0 Å². The summed E-state index contributed by atoms with van der Waals surface area (Å²) in [5, 5.41) is 28.0. The van der Waals surface area contributed by atoms with Gasteiger partial charge in [-0.05, 0) is 25.7 Å². The van der Waals surface area contributed by atoms with Crippen LogP contribution in [0.15, 0.2) is 24.3 Å². The van der Waals surface area contributed by atoms with Crippen molar-refractivity contribution in [3.8, 4) is 0 Å². The van der Waals surface area contributed by atoms with E-state index in [0.29, 0.717) is 12.8 Å². The number of aliphatic hydroxyl groups excluding tert-OH is 2. The molecule has 2 atom stereocenters. The molecular formula is C18H32O4. The lowest BCUT2D eigenvalue weighted by Gasteiger charge is -2.06. The minimum Gasteiger partial charge on any atom is -0.481 e. The van der Waals surface area contributed by atoms with Crippen LogP contribution in [-0.2, 0) is 4.79 Å². The van der Waals surface area contributed by atoms with Crippen molar-refractivity contribution >= 4 is 5.97 Å². The summed E-state index contributed by atoms with van der Waals surface area (Å²) in [6, 6.07) is 0. The smallest absolute Gasteiger partial charge is 0.303 e. The minimum atomic E-state index is -0.750. The van der Waals surface area contributed by atoms with Crippen LogP contribution in [0.3, 0.4) is 0 Å². The fraction of sp³-hybridized carbons (Fsp3) is 0.722. The molecule has 0 aromatic heterocycles. The second kappa shape index (κ2) is 14.8. The highest BCUT2D eigenvalue weighted by Crippen LogP contribution is 2.09. The van der Waals surface area contributed by atoms with E-state index in [0.717, 1.165) is 32.1 Å². The van der Waals surface area contributed by atoms with Crippen molar-refractivity contribution in [3.05, 3.63) is 24.3 Å². The lowest BCUT2D eigenvalue weighted by atomic mass is 10.1. The first kappa shape index (κ1) is 20.9. The molecule has 0 fully saturated rings. The predicted molar refractivity (Wildman–Crippen MR) is 89.8 cm³/mol. The lowest BCUT2D eigenvalue weighted by molar-refractivity contribution is -0.137. The molecule has 0 aliphatic heterocycles. The molecule has 0 rings (SSSR count). The molecule has 0 saturated heterocycles. The van der Waals surface area contributed by atoms with Crippen molar-refractivity contribution < 1.29 is 20.1 Å². The van der Waals surface area contributed by atoms with Crippen molar-refractivity contribution in [1.29, 1.82) is 0 Å². The first-order valence-electron chi connectivity index (χ1n) is 8.49. The van der Waals surface area contributed by atoms with Crippen LogP contribution < -0.4 is 0 Å². The van der Waals surface area contributed by atoms with Gasteiger partial charge in [0.1, 0.15) is 0 Å². The highest BCUT2D eigenvalue weighted by Gasteiger charge is 2.01. The molecule has 3 N–H and O–H groups in total. The first-order chi connectivity index (χ1) is 10.6. The van der Waals surface area contributed by atoms with Crippen LogP contribution in [0.5, 0.6) is 0 Å². The summed E-state index contributed by atoms with van der Waals surface area (Å²) in [6.07, 6.45) is 14.6. The van der Waals surface area contributed by atoms with Crippen molar-refractivity contribution in [2.45, 2.75) is 83.3 Å². The van der Waals surface area contributed by atoms with E-state index in [4.69, 9.17) is 5.11 Å². The zero-order valence-electron chi connectivity index (χ0n) is 13.8. The Labute approximate surface area is 134 Å². The van der Waals surface area contributed by atoms with Gasteiger partial charge in [0.15, 0.2) is 0 Å². The molecule has 0 radical (unpaired) electrons. The van der Waals surface area contributed by atoms with E-state index in [9.17, 15) is 15.0 Å². The molecule has 0 aliphatic rings. The van der Waals surface area contributed by atoms with E-state index in [1.54, 1.807) is 18.2 Å². The van der Waals surface area contributed by atoms with Gasteiger partial charge < -0.3 is 15.3 Å². The largest absolute Gasteiger partial charge is 0.481 e. The van der Waals surface area contributed by atoms with E-state index in [-0.39, 0.29) is 6.42 Å². The molecule has 22 heavy (non-hydrogen) atoms. The minimum absolute atomic E-state index is 0.221. The third-order valence-corrected chi connectivity index (χ3v) is 3.48. The Hall–Kier alpha value is -1.13. The van der Waals surface area contributed by atoms with Crippen LogP contribution in [0.4, 0.5) is 0 Å². The molecule has 0 spiro atoms. The molecule has 0 aromatic rings. The number of aliphatic hydroxyl groups is 2. The van der Waals surface area contributed by atoms with E-state index >= 15 is 0 Å². The fourth-order valence-electron chi connectivity index (χ4n) is 2.13. The molecule has 128 valence electrons. The summed E-state index contributed by atoms with van der Waals surface area (Å²) in [6.45, 7) is 2.16. The second-order valence-electron chi connectivity index (χ2n) is 5.71. The molecule has 0 aliphatic carbocycles. The van der Waals surface area contributed by atoms with Gasteiger partial charge in [0, 0.05) is 6.42 Å². The van der Waals surface area contributed by atoms with Crippen LogP contribution in [0, 0.1) is 0 Å². The highest BCUT2D eigenvalue weighted by molar-refractivity contribution is 5.66. The lowest BCUT2D eigenvalue weighted by Crippen LogP contribution is -2.05. The van der Waals surface area contributed by atoms with Crippen LogP contribution in [-0.4, -0.2) is 33.5 Å². The van der Waals surface area contributed by atoms with Crippen molar-refractivity contribution in [2.75, 3.05) is 0 Å². The molecule has 0 bridgehead atoms. The van der Waals surface area contributed by atoms with Gasteiger partial charge >= 0.3 is 5.97 Å². The van der Waals surface area contributed by atoms with E-state index < -0.39 is 18.2 Å². The van der Waals surface area contributed by atoms with Crippen LogP contribution >= 0.6 is 0 Å². The van der Waals surface area contributed by atoms with Crippen molar-refractivity contribution in [3.63, 3.8) is 0 Å². The molecule has 0 heterocycles. The van der Waals surface area contributed by atoms with Gasteiger partial charge in [-0.15, -0.1) is 0 Å². The maximum Gasteiger partial charge on any atom is 0.303 e. The van der Waals surface area contributed by atoms with E-state index in [1.165, 1.54) is 12.8 Å². The molecule has 4 heteroatoms. The number of unbranched alkanes of at least 4 members (excludes halogenated alkanes) is 6. The molecule has 0 saturated carbocycles. The molecular weight excluding hydrogens is 280 g/mol. The van der Waals surface area contributed by atoms with Crippen molar-refractivity contribution in [1.82, 2.24) is 0 Å². The summed E-state index contributed by atoms with van der Waals surface area (Å²) in [5.74, 6) is -0.750. The monoisotopic (exact) mass is 312 g/mol. The summed E-state index contributed by atoms with van der Waals surface area (Å²) in [5.41, 5.74) is 0. The van der Waals surface area contributed by atoms with Gasteiger partial charge in [-0.1, -0.05) is 63.3 Å². The number of hydrogen-bond donors (Lipinski definition) is 3. The van der Waals surface area contributed by atoms with Crippen molar-refractivity contribution in [2.24, 2.45) is 0 Å². The fourth-order valence-corrected chi connectivity index (χ4v) is 2.13. The summed E-state index contributed by atoms with van der Waals surface area (Å²) >= 11 is 0. The number of rotatable bonds is 14. The molecule has 0 unspecified atom stereocenters. The Balaban J connectivity index is 3.63. The second-order valence-corrected chi connectivity index (χ2v) is 5.71. The Morgan fingerprint density at radius 2 is 1.68 bits per heavy atom. The number of carboxylic acids is 1. The Morgan fingerprint density at radius 3 is 2.36 bits per heavy atom. The summed E-state index contributed by atoms with van der Waals surface area (Å²) < 4.78 is 0. The third-order valence-electron chi connectivity index (χ3n) is 3.48.